The number of aliphatic carboxylic acids is 1. The lowest BCUT2D eigenvalue weighted by molar-refractivity contribution is -0.131. The number of aryl methyl sites for hydroxylation is 2. The van der Waals surface area contributed by atoms with Crippen LogP contribution >= 0.6 is 11.6 Å². The van der Waals surface area contributed by atoms with E-state index in [1.54, 1.807) is 29.5 Å². The molecule has 0 saturated heterocycles. The van der Waals surface area contributed by atoms with Gasteiger partial charge in [0.2, 0.25) is 0 Å². The fraction of sp³-hybridized carbons (Fsp3) is 0.182. The predicted molar refractivity (Wildman–Crippen MR) is 66.7 cm³/mol. The third-order valence-electron chi connectivity index (χ3n) is 2.40. The smallest absolute Gasteiger partial charge is 0.328 e. The van der Waals surface area contributed by atoms with Crippen molar-refractivity contribution in [1.82, 2.24) is 19.6 Å². The van der Waals surface area contributed by atoms with Crippen LogP contribution in [-0.2, 0) is 11.8 Å². The third kappa shape index (κ3) is 2.28. The minimum Gasteiger partial charge on any atom is -0.478 e. The van der Waals surface area contributed by atoms with Crippen molar-refractivity contribution in [1.29, 1.82) is 0 Å². The monoisotopic (exact) mass is 266 g/mol. The molecule has 0 spiro atoms. The van der Waals surface area contributed by atoms with Gasteiger partial charge in [-0.1, -0.05) is 11.6 Å². The zero-order valence-corrected chi connectivity index (χ0v) is 10.6. The summed E-state index contributed by atoms with van der Waals surface area (Å²) in [7, 11) is 1.76. The van der Waals surface area contributed by atoms with Gasteiger partial charge in [0.05, 0.1) is 23.1 Å². The molecule has 7 heteroatoms. The Kier molecular flexibility index (Phi) is 3.20. The molecule has 0 fully saturated rings. The maximum absolute atomic E-state index is 10.6. The quantitative estimate of drug-likeness (QED) is 0.858. The minimum atomic E-state index is -1.01. The van der Waals surface area contributed by atoms with E-state index in [-0.39, 0.29) is 0 Å². The van der Waals surface area contributed by atoms with E-state index in [9.17, 15) is 4.79 Å². The number of carboxylic acid groups (broad SMARTS) is 1. The first-order chi connectivity index (χ1) is 8.49. The van der Waals surface area contributed by atoms with E-state index in [0.29, 0.717) is 16.4 Å². The number of carbonyl (C=O) groups is 1. The molecule has 0 bridgehead atoms. The van der Waals surface area contributed by atoms with Crippen molar-refractivity contribution in [3.63, 3.8) is 0 Å². The standard InChI is InChI=1S/C11H11ClN4O2/c1-7-9(3-4-10(17)18)11(15(2)14-7)16-6-8(12)5-13-16/h3-6H,1-2H3,(H,17,18)/b4-3+. The Bertz CT molecular complexity index is 627. The van der Waals surface area contributed by atoms with Crippen LogP contribution in [0.3, 0.4) is 0 Å². The molecule has 0 unspecified atom stereocenters. The Morgan fingerprint density at radius 1 is 1.56 bits per heavy atom. The summed E-state index contributed by atoms with van der Waals surface area (Å²) >= 11 is 5.82. The van der Waals surface area contributed by atoms with Gasteiger partial charge in [-0.05, 0) is 13.0 Å². The minimum absolute atomic E-state index is 0.502. The van der Waals surface area contributed by atoms with Crippen LogP contribution in [0.5, 0.6) is 0 Å². The van der Waals surface area contributed by atoms with Crippen LogP contribution in [0.1, 0.15) is 11.3 Å². The number of nitrogens with zero attached hydrogens (tertiary/aromatic N) is 4. The summed E-state index contributed by atoms with van der Waals surface area (Å²) in [6.45, 7) is 1.80. The van der Waals surface area contributed by atoms with Crippen molar-refractivity contribution >= 4 is 23.6 Å². The lowest BCUT2D eigenvalue weighted by atomic mass is 10.2. The second-order valence-corrected chi connectivity index (χ2v) is 4.16. The molecule has 94 valence electrons. The lowest BCUT2D eigenvalue weighted by Crippen LogP contribution is -2.04. The summed E-state index contributed by atoms with van der Waals surface area (Å²) in [6.07, 6.45) is 5.71. The fourth-order valence-electron chi connectivity index (χ4n) is 1.70. The maximum Gasteiger partial charge on any atom is 0.328 e. The normalized spacial score (nSPS) is 11.3. The molecule has 0 atom stereocenters. The number of carboxylic acids is 1. The Morgan fingerprint density at radius 2 is 2.28 bits per heavy atom. The van der Waals surface area contributed by atoms with Crippen LogP contribution in [0, 0.1) is 6.92 Å². The molecule has 2 aromatic rings. The van der Waals surface area contributed by atoms with Crippen molar-refractivity contribution in [2.75, 3.05) is 0 Å². The molecule has 2 rings (SSSR count). The van der Waals surface area contributed by atoms with Gasteiger partial charge in [0, 0.05) is 18.7 Å². The highest BCUT2D eigenvalue weighted by Crippen LogP contribution is 2.20. The van der Waals surface area contributed by atoms with E-state index in [2.05, 4.69) is 10.2 Å². The molecular weight excluding hydrogens is 256 g/mol. The predicted octanol–water partition coefficient (Wildman–Crippen LogP) is 1.67. The summed E-state index contributed by atoms with van der Waals surface area (Å²) in [5, 5.41) is 17.5. The SMILES string of the molecule is Cc1nn(C)c(-n2cc(Cl)cn2)c1/C=C/C(=O)O. The summed E-state index contributed by atoms with van der Waals surface area (Å²) < 4.78 is 3.18. The van der Waals surface area contributed by atoms with Crippen LogP contribution in [0.25, 0.3) is 11.9 Å². The number of hydrogen-bond donors (Lipinski definition) is 1. The van der Waals surface area contributed by atoms with Crippen LogP contribution in [-0.4, -0.2) is 30.6 Å². The molecule has 0 aliphatic heterocycles. The largest absolute Gasteiger partial charge is 0.478 e. The highest BCUT2D eigenvalue weighted by atomic mass is 35.5. The lowest BCUT2D eigenvalue weighted by Gasteiger charge is -2.03. The molecule has 2 aromatic heterocycles. The van der Waals surface area contributed by atoms with Gasteiger partial charge in [0.25, 0.3) is 0 Å². The molecule has 0 aliphatic rings. The van der Waals surface area contributed by atoms with Gasteiger partial charge < -0.3 is 5.11 Å². The van der Waals surface area contributed by atoms with Gasteiger partial charge in [-0.3, -0.25) is 4.68 Å². The Morgan fingerprint density at radius 3 is 2.83 bits per heavy atom. The molecule has 0 aromatic carbocycles. The molecule has 0 saturated carbocycles. The topological polar surface area (TPSA) is 72.9 Å². The van der Waals surface area contributed by atoms with E-state index in [0.717, 1.165) is 11.8 Å². The molecule has 1 N–H and O–H groups in total. The van der Waals surface area contributed by atoms with Gasteiger partial charge in [0.1, 0.15) is 0 Å². The van der Waals surface area contributed by atoms with E-state index >= 15 is 0 Å². The third-order valence-corrected chi connectivity index (χ3v) is 2.59. The average molecular weight is 267 g/mol. The summed E-state index contributed by atoms with van der Waals surface area (Å²) in [6, 6.07) is 0. The molecular formula is C11H11ClN4O2. The molecule has 0 aliphatic carbocycles. The zero-order chi connectivity index (χ0) is 13.3. The van der Waals surface area contributed by atoms with Gasteiger partial charge in [-0.2, -0.15) is 10.2 Å². The second-order valence-electron chi connectivity index (χ2n) is 3.72. The van der Waals surface area contributed by atoms with E-state index in [4.69, 9.17) is 16.7 Å². The Labute approximate surface area is 108 Å². The van der Waals surface area contributed by atoms with Gasteiger partial charge in [-0.15, -0.1) is 0 Å². The van der Waals surface area contributed by atoms with Crippen molar-refractivity contribution in [3.05, 3.63) is 34.7 Å². The Hall–Kier alpha value is -2.08. The van der Waals surface area contributed by atoms with Crippen LogP contribution in [0.15, 0.2) is 18.5 Å². The first kappa shape index (κ1) is 12.4. The van der Waals surface area contributed by atoms with Crippen LogP contribution < -0.4 is 0 Å². The molecule has 2 heterocycles. The first-order valence-electron chi connectivity index (χ1n) is 5.14. The van der Waals surface area contributed by atoms with E-state index in [1.165, 1.54) is 12.3 Å². The van der Waals surface area contributed by atoms with Gasteiger partial charge in [0.15, 0.2) is 5.82 Å². The summed E-state index contributed by atoms with van der Waals surface area (Å²) in [5.74, 6) is -0.348. The van der Waals surface area contributed by atoms with Gasteiger partial charge in [-0.25, -0.2) is 9.48 Å². The molecule has 0 amide bonds. The van der Waals surface area contributed by atoms with E-state index in [1.807, 2.05) is 0 Å². The van der Waals surface area contributed by atoms with Gasteiger partial charge >= 0.3 is 5.97 Å². The second kappa shape index (κ2) is 4.66. The number of aromatic nitrogens is 4. The van der Waals surface area contributed by atoms with Crippen LogP contribution in [0.2, 0.25) is 5.02 Å². The van der Waals surface area contributed by atoms with Crippen molar-refractivity contribution in [3.8, 4) is 5.82 Å². The first-order valence-corrected chi connectivity index (χ1v) is 5.52. The van der Waals surface area contributed by atoms with Crippen LogP contribution in [0.4, 0.5) is 0 Å². The highest BCUT2D eigenvalue weighted by molar-refractivity contribution is 6.30. The summed E-state index contributed by atoms with van der Waals surface area (Å²) in [5.41, 5.74) is 1.41. The molecule has 18 heavy (non-hydrogen) atoms. The average Bonchev–Trinajstić information content (AvgIpc) is 2.79. The van der Waals surface area contributed by atoms with E-state index < -0.39 is 5.97 Å². The molecule has 6 nitrogen and oxygen atoms in total. The van der Waals surface area contributed by atoms with Crippen molar-refractivity contribution in [2.24, 2.45) is 7.05 Å². The number of halogens is 1. The maximum atomic E-state index is 10.6. The number of rotatable bonds is 3. The van der Waals surface area contributed by atoms with Crippen molar-refractivity contribution in [2.45, 2.75) is 6.92 Å². The Balaban J connectivity index is 2.56. The summed E-state index contributed by atoms with van der Waals surface area (Å²) in [4.78, 5) is 10.6. The highest BCUT2D eigenvalue weighted by Gasteiger charge is 2.13. The fourth-order valence-corrected chi connectivity index (χ4v) is 1.84. The zero-order valence-electron chi connectivity index (χ0n) is 9.83. The molecule has 0 radical (unpaired) electrons. The van der Waals surface area contributed by atoms with Crippen molar-refractivity contribution < 1.29 is 9.90 Å². The number of hydrogen-bond acceptors (Lipinski definition) is 3.